The average Bonchev–Trinajstić information content (AvgIpc) is 3.12. The molecule has 1 unspecified atom stereocenters. The molecule has 1 heterocycles. The van der Waals surface area contributed by atoms with Gasteiger partial charge < -0.3 is 5.73 Å². The van der Waals surface area contributed by atoms with E-state index in [1.807, 2.05) is 17.7 Å². The van der Waals surface area contributed by atoms with E-state index in [2.05, 4.69) is 43.6 Å². The van der Waals surface area contributed by atoms with E-state index in [9.17, 15) is 0 Å². The van der Waals surface area contributed by atoms with Crippen LogP contribution in [0.15, 0.2) is 32.7 Å². The van der Waals surface area contributed by atoms with E-state index in [0.29, 0.717) is 6.04 Å². The molecule has 2 aromatic rings. The van der Waals surface area contributed by atoms with Gasteiger partial charge in [0.1, 0.15) is 0 Å². The van der Waals surface area contributed by atoms with Crippen LogP contribution in [0.2, 0.25) is 0 Å². The molecule has 0 spiro atoms. The van der Waals surface area contributed by atoms with Gasteiger partial charge in [-0.05, 0) is 72.1 Å². The largest absolute Gasteiger partial charge is 0.328 e. The second kappa shape index (κ2) is 5.83. The summed E-state index contributed by atoms with van der Waals surface area (Å²) in [5.74, 6) is 0. The number of tetrazole rings is 1. The van der Waals surface area contributed by atoms with Crippen LogP contribution in [0.5, 0.6) is 0 Å². The van der Waals surface area contributed by atoms with Gasteiger partial charge in [-0.1, -0.05) is 15.9 Å². The van der Waals surface area contributed by atoms with Crippen LogP contribution in [0.3, 0.4) is 0 Å². The van der Waals surface area contributed by atoms with Crippen molar-refractivity contribution in [3.63, 3.8) is 0 Å². The third-order valence-corrected chi connectivity index (χ3v) is 4.68. The second-order valence-electron chi connectivity index (χ2n) is 5.17. The topological polar surface area (TPSA) is 69.6 Å². The van der Waals surface area contributed by atoms with Crippen molar-refractivity contribution in [3.8, 4) is 0 Å². The average molecular weight is 354 g/mol. The molecule has 5 nitrogen and oxygen atoms in total. The van der Waals surface area contributed by atoms with Crippen molar-refractivity contribution in [2.75, 3.05) is 0 Å². The van der Waals surface area contributed by atoms with Crippen molar-refractivity contribution < 1.29 is 0 Å². The summed E-state index contributed by atoms with van der Waals surface area (Å²) < 4.78 is 3.00. The number of nitrogens with zero attached hydrogens (tertiary/aromatic N) is 4. The zero-order chi connectivity index (χ0) is 14.1. The number of benzene rings is 1. The lowest BCUT2D eigenvalue weighted by Crippen LogP contribution is -2.18. The minimum atomic E-state index is 0.128. The molecule has 106 valence electrons. The lowest BCUT2D eigenvalue weighted by Gasteiger charge is -2.11. The van der Waals surface area contributed by atoms with Crippen LogP contribution >= 0.6 is 27.7 Å². The molecular weight excluding hydrogens is 338 g/mol. The van der Waals surface area contributed by atoms with Gasteiger partial charge in [0.25, 0.3) is 0 Å². The van der Waals surface area contributed by atoms with Crippen molar-refractivity contribution in [2.45, 2.75) is 48.3 Å². The van der Waals surface area contributed by atoms with Gasteiger partial charge in [-0.3, -0.25) is 0 Å². The Balaban J connectivity index is 1.87. The van der Waals surface area contributed by atoms with Gasteiger partial charge in [0.05, 0.1) is 6.04 Å². The molecule has 0 saturated heterocycles. The van der Waals surface area contributed by atoms with Crippen LogP contribution in [-0.2, 0) is 6.42 Å². The van der Waals surface area contributed by atoms with Gasteiger partial charge in [-0.25, -0.2) is 4.68 Å². The molecule has 0 aliphatic heterocycles. The van der Waals surface area contributed by atoms with E-state index >= 15 is 0 Å². The van der Waals surface area contributed by atoms with Crippen LogP contribution in [-0.4, -0.2) is 26.2 Å². The number of nitrogens with two attached hydrogens (primary N) is 1. The Labute approximate surface area is 130 Å². The molecule has 1 saturated carbocycles. The third kappa shape index (κ3) is 3.21. The SMILES string of the molecule is CC(N)Cc1cc(Br)ccc1Sc1nnnn1C1CC1. The zero-order valence-electron chi connectivity index (χ0n) is 11.2. The summed E-state index contributed by atoms with van der Waals surface area (Å²) in [6.45, 7) is 2.02. The highest BCUT2D eigenvalue weighted by Crippen LogP contribution is 2.39. The first kappa shape index (κ1) is 14.0. The Morgan fingerprint density at radius 1 is 1.50 bits per heavy atom. The lowest BCUT2D eigenvalue weighted by atomic mass is 10.1. The van der Waals surface area contributed by atoms with Gasteiger partial charge in [0.2, 0.25) is 5.16 Å². The first-order valence-corrected chi connectivity index (χ1v) is 8.24. The third-order valence-electron chi connectivity index (χ3n) is 3.12. The van der Waals surface area contributed by atoms with E-state index < -0.39 is 0 Å². The summed E-state index contributed by atoms with van der Waals surface area (Å²) >= 11 is 5.13. The van der Waals surface area contributed by atoms with Crippen LogP contribution in [0, 0.1) is 0 Å². The standard InChI is InChI=1S/C13H16BrN5S/c1-8(15)6-9-7-10(14)2-5-12(9)20-13-16-17-18-19(13)11-3-4-11/h2,5,7-8,11H,3-4,6,15H2,1H3. The first-order valence-electron chi connectivity index (χ1n) is 6.63. The maximum Gasteiger partial charge on any atom is 0.214 e. The van der Waals surface area contributed by atoms with Crippen molar-refractivity contribution in [3.05, 3.63) is 28.2 Å². The molecule has 1 aromatic heterocycles. The highest BCUT2D eigenvalue weighted by molar-refractivity contribution is 9.10. The van der Waals surface area contributed by atoms with Gasteiger partial charge >= 0.3 is 0 Å². The summed E-state index contributed by atoms with van der Waals surface area (Å²) in [5.41, 5.74) is 7.16. The molecule has 0 radical (unpaired) electrons. The number of hydrogen-bond acceptors (Lipinski definition) is 5. The monoisotopic (exact) mass is 353 g/mol. The van der Waals surface area contributed by atoms with E-state index in [1.165, 1.54) is 23.3 Å². The molecule has 1 aliphatic carbocycles. The Morgan fingerprint density at radius 2 is 2.30 bits per heavy atom. The summed E-state index contributed by atoms with van der Waals surface area (Å²) in [6.07, 6.45) is 3.18. The molecule has 0 bridgehead atoms. The number of rotatable bonds is 5. The molecule has 3 rings (SSSR count). The molecule has 0 amide bonds. The molecular formula is C13H16BrN5S. The molecule has 20 heavy (non-hydrogen) atoms. The van der Waals surface area contributed by atoms with E-state index in [-0.39, 0.29) is 6.04 Å². The van der Waals surface area contributed by atoms with Crippen molar-refractivity contribution in [1.82, 2.24) is 20.2 Å². The van der Waals surface area contributed by atoms with Crippen molar-refractivity contribution >= 4 is 27.7 Å². The molecule has 2 N–H and O–H groups in total. The summed E-state index contributed by atoms with van der Waals surface area (Å²) in [4.78, 5) is 1.17. The Kier molecular flexibility index (Phi) is 4.09. The Hall–Kier alpha value is -0.920. The molecule has 1 aromatic carbocycles. The predicted octanol–water partition coefficient (Wildman–Crippen LogP) is 2.81. The van der Waals surface area contributed by atoms with Crippen LogP contribution in [0.25, 0.3) is 0 Å². The fourth-order valence-corrected chi connectivity index (χ4v) is 3.42. The smallest absolute Gasteiger partial charge is 0.214 e. The van der Waals surface area contributed by atoms with Crippen LogP contribution in [0.4, 0.5) is 0 Å². The maximum absolute atomic E-state index is 5.93. The van der Waals surface area contributed by atoms with Gasteiger partial charge in [-0.15, -0.1) is 5.10 Å². The fourth-order valence-electron chi connectivity index (χ4n) is 2.05. The molecule has 1 aliphatic rings. The minimum absolute atomic E-state index is 0.128. The van der Waals surface area contributed by atoms with E-state index in [1.54, 1.807) is 11.8 Å². The van der Waals surface area contributed by atoms with Crippen LogP contribution < -0.4 is 5.73 Å². The highest BCUT2D eigenvalue weighted by Gasteiger charge is 2.28. The van der Waals surface area contributed by atoms with Crippen molar-refractivity contribution in [2.24, 2.45) is 5.73 Å². The normalized spacial score (nSPS) is 16.4. The van der Waals surface area contributed by atoms with Crippen molar-refractivity contribution in [1.29, 1.82) is 0 Å². The van der Waals surface area contributed by atoms with Gasteiger partial charge in [-0.2, -0.15) is 0 Å². The quantitative estimate of drug-likeness (QED) is 0.894. The summed E-state index contributed by atoms with van der Waals surface area (Å²) in [5, 5.41) is 12.9. The highest BCUT2D eigenvalue weighted by atomic mass is 79.9. The number of aromatic nitrogens is 4. The second-order valence-corrected chi connectivity index (χ2v) is 7.10. The lowest BCUT2D eigenvalue weighted by molar-refractivity contribution is 0.565. The summed E-state index contributed by atoms with van der Waals surface area (Å²) in [7, 11) is 0. The number of hydrogen-bond donors (Lipinski definition) is 1. The van der Waals surface area contributed by atoms with Gasteiger partial charge in [0.15, 0.2) is 0 Å². The summed E-state index contributed by atoms with van der Waals surface area (Å²) in [6, 6.07) is 6.87. The predicted molar refractivity (Wildman–Crippen MR) is 81.7 cm³/mol. The first-order chi connectivity index (χ1) is 9.63. The molecule has 7 heteroatoms. The van der Waals surface area contributed by atoms with E-state index in [0.717, 1.165) is 16.0 Å². The number of halogens is 1. The zero-order valence-corrected chi connectivity index (χ0v) is 13.6. The fraction of sp³-hybridized carbons (Fsp3) is 0.462. The van der Waals surface area contributed by atoms with Crippen LogP contribution in [0.1, 0.15) is 31.4 Å². The Bertz CT molecular complexity index is 609. The minimum Gasteiger partial charge on any atom is -0.328 e. The van der Waals surface area contributed by atoms with Gasteiger partial charge in [0, 0.05) is 15.4 Å². The maximum atomic E-state index is 5.93. The Morgan fingerprint density at radius 3 is 3.00 bits per heavy atom. The van der Waals surface area contributed by atoms with E-state index in [4.69, 9.17) is 5.73 Å². The molecule has 1 fully saturated rings. The molecule has 1 atom stereocenters.